The van der Waals surface area contributed by atoms with Gasteiger partial charge in [-0.25, -0.2) is 0 Å². The lowest BCUT2D eigenvalue weighted by Crippen LogP contribution is -2.31. The first-order valence-corrected chi connectivity index (χ1v) is 8.37. The number of halogens is 1. The number of nitrogens with zero attached hydrogens (tertiary/aromatic N) is 1. The van der Waals surface area contributed by atoms with Crippen molar-refractivity contribution in [1.82, 2.24) is 0 Å². The fraction of sp³-hybridized carbons (Fsp3) is 0.647. The van der Waals surface area contributed by atoms with Gasteiger partial charge in [0.15, 0.2) is 0 Å². The SMILES string of the molecule is CC(C)CN(CC(C)C)c1ccc(CC(C)N)c(Br)c1. The van der Waals surface area contributed by atoms with E-state index in [1.807, 2.05) is 6.92 Å². The van der Waals surface area contributed by atoms with Crippen molar-refractivity contribution < 1.29 is 0 Å². The van der Waals surface area contributed by atoms with E-state index >= 15 is 0 Å². The van der Waals surface area contributed by atoms with E-state index in [1.54, 1.807) is 0 Å². The summed E-state index contributed by atoms with van der Waals surface area (Å²) in [6.07, 6.45) is 0.912. The molecule has 0 aliphatic carbocycles. The molecule has 0 radical (unpaired) electrons. The highest BCUT2D eigenvalue weighted by molar-refractivity contribution is 9.10. The number of benzene rings is 1. The highest BCUT2D eigenvalue weighted by atomic mass is 79.9. The minimum absolute atomic E-state index is 0.194. The van der Waals surface area contributed by atoms with E-state index in [2.05, 4.69) is 66.7 Å². The molecule has 0 amide bonds. The number of rotatable bonds is 7. The standard InChI is InChI=1S/C17H29BrN2/c1-12(2)10-20(11-13(3)4)16-7-6-15(8-14(5)19)17(18)9-16/h6-7,9,12-14H,8,10-11,19H2,1-5H3. The topological polar surface area (TPSA) is 29.3 Å². The Morgan fingerprint density at radius 3 is 2.00 bits per heavy atom. The van der Waals surface area contributed by atoms with Gasteiger partial charge in [0.05, 0.1) is 0 Å². The minimum atomic E-state index is 0.194. The molecule has 0 fully saturated rings. The molecule has 0 aliphatic rings. The van der Waals surface area contributed by atoms with Gasteiger partial charge in [0.2, 0.25) is 0 Å². The summed E-state index contributed by atoms with van der Waals surface area (Å²) in [5, 5.41) is 0. The second-order valence-electron chi connectivity index (χ2n) is 6.65. The first kappa shape index (κ1) is 17.5. The predicted molar refractivity (Wildman–Crippen MR) is 93.4 cm³/mol. The summed E-state index contributed by atoms with van der Waals surface area (Å²) in [6.45, 7) is 13.3. The molecule has 1 rings (SSSR count). The van der Waals surface area contributed by atoms with Gasteiger partial charge in [0.1, 0.15) is 0 Å². The quantitative estimate of drug-likeness (QED) is 0.793. The molecule has 20 heavy (non-hydrogen) atoms. The lowest BCUT2D eigenvalue weighted by atomic mass is 10.1. The van der Waals surface area contributed by atoms with Crippen molar-refractivity contribution in [1.29, 1.82) is 0 Å². The third kappa shape index (κ3) is 5.84. The fourth-order valence-electron chi connectivity index (χ4n) is 2.41. The van der Waals surface area contributed by atoms with Crippen LogP contribution >= 0.6 is 15.9 Å². The number of hydrogen-bond acceptors (Lipinski definition) is 2. The third-order valence-corrected chi connectivity index (χ3v) is 3.85. The summed E-state index contributed by atoms with van der Waals surface area (Å²) in [5.41, 5.74) is 8.48. The van der Waals surface area contributed by atoms with E-state index in [-0.39, 0.29) is 6.04 Å². The summed E-state index contributed by atoms with van der Waals surface area (Å²) >= 11 is 3.69. The van der Waals surface area contributed by atoms with Gasteiger partial charge < -0.3 is 10.6 Å². The average Bonchev–Trinajstić information content (AvgIpc) is 2.29. The molecule has 1 unspecified atom stereocenters. The largest absolute Gasteiger partial charge is 0.371 e. The molecule has 2 nitrogen and oxygen atoms in total. The van der Waals surface area contributed by atoms with E-state index in [0.717, 1.165) is 19.5 Å². The summed E-state index contributed by atoms with van der Waals surface area (Å²) < 4.78 is 1.17. The highest BCUT2D eigenvalue weighted by Crippen LogP contribution is 2.26. The van der Waals surface area contributed by atoms with Gasteiger partial charge in [0.25, 0.3) is 0 Å². The fourth-order valence-corrected chi connectivity index (χ4v) is 2.94. The molecular weight excluding hydrogens is 312 g/mol. The Hall–Kier alpha value is -0.540. The molecule has 0 heterocycles. The maximum Gasteiger partial charge on any atom is 0.0377 e. The van der Waals surface area contributed by atoms with Crippen molar-refractivity contribution in [3.63, 3.8) is 0 Å². The summed E-state index contributed by atoms with van der Waals surface area (Å²) in [7, 11) is 0. The van der Waals surface area contributed by atoms with Crippen LogP contribution in [0.3, 0.4) is 0 Å². The second kappa shape index (κ2) is 8.04. The van der Waals surface area contributed by atoms with E-state index in [0.29, 0.717) is 11.8 Å². The van der Waals surface area contributed by atoms with E-state index in [1.165, 1.54) is 15.7 Å². The van der Waals surface area contributed by atoms with Crippen LogP contribution in [0.4, 0.5) is 5.69 Å². The van der Waals surface area contributed by atoms with Gasteiger partial charge in [-0.05, 0) is 42.9 Å². The first-order chi connectivity index (χ1) is 9.29. The Balaban J connectivity index is 2.93. The van der Waals surface area contributed by atoms with Crippen molar-refractivity contribution >= 4 is 21.6 Å². The Bertz CT molecular complexity index is 403. The van der Waals surface area contributed by atoms with Crippen molar-refractivity contribution in [2.75, 3.05) is 18.0 Å². The summed E-state index contributed by atoms with van der Waals surface area (Å²) in [6, 6.07) is 6.87. The number of anilines is 1. The molecule has 0 aliphatic heterocycles. The molecular formula is C17H29BrN2. The number of nitrogens with two attached hydrogens (primary N) is 1. The van der Waals surface area contributed by atoms with E-state index in [9.17, 15) is 0 Å². The molecule has 114 valence electrons. The van der Waals surface area contributed by atoms with Crippen LogP contribution in [-0.2, 0) is 6.42 Å². The van der Waals surface area contributed by atoms with Gasteiger partial charge in [-0.2, -0.15) is 0 Å². The van der Waals surface area contributed by atoms with Crippen molar-refractivity contribution in [2.24, 2.45) is 17.6 Å². The third-order valence-electron chi connectivity index (χ3n) is 3.11. The Morgan fingerprint density at radius 1 is 1.05 bits per heavy atom. The Morgan fingerprint density at radius 2 is 1.60 bits per heavy atom. The van der Waals surface area contributed by atoms with Gasteiger partial charge >= 0.3 is 0 Å². The minimum Gasteiger partial charge on any atom is -0.371 e. The molecule has 3 heteroatoms. The van der Waals surface area contributed by atoms with Crippen molar-refractivity contribution in [2.45, 2.75) is 47.1 Å². The predicted octanol–water partition coefficient (Wildman–Crippen LogP) is 4.46. The molecule has 1 aromatic carbocycles. The lowest BCUT2D eigenvalue weighted by molar-refractivity contribution is 0.552. The monoisotopic (exact) mass is 340 g/mol. The van der Waals surface area contributed by atoms with Crippen LogP contribution in [0.25, 0.3) is 0 Å². The molecule has 0 bridgehead atoms. The highest BCUT2D eigenvalue weighted by Gasteiger charge is 2.12. The van der Waals surface area contributed by atoms with Crippen molar-refractivity contribution in [3.8, 4) is 0 Å². The average molecular weight is 341 g/mol. The molecule has 0 saturated heterocycles. The van der Waals surface area contributed by atoms with Gasteiger partial charge in [-0.1, -0.05) is 49.7 Å². The molecule has 0 saturated carbocycles. The Labute approximate surface area is 132 Å². The lowest BCUT2D eigenvalue weighted by Gasteiger charge is -2.29. The molecule has 0 aromatic heterocycles. The van der Waals surface area contributed by atoms with Gasteiger partial charge in [-0.15, -0.1) is 0 Å². The summed E-state index contributed by atoms with van der Waals surface area (Å²) in [5.74, 6) is 1.33. The van der Waals surface area contributed by atoms with Gasteiger partial charge in [0, 0.05) is 29.3 Å². The van der Waals surface area contributed by atoms with Crippen molar-refractivity contribution in [3.05, 3.63) is 28.2 Å². The zero-order chi connectivity index (χ0) is 15.3. The van der Waals surface area contributed by atoms with Crippen LogP contribution < -0.4 is 10.6 Å². The zero-order valence-electron chi connectivity index (χ0n) is 13.5. The van der Waals surface area contributed by atoms with Crippen LogP contribution in [-0.4, -0.2) is 19.1 Å². The maximum atomic E-state index is 5.89. The first-order valence-electron chi connectivity index (χ1n) is 7.58. The van der Waals surface area contributed by atoms with Crippen LogP contribution in [0.15, 0.2) is 22.7 Å². The van der Waals surface area contributed by atoms with Crippen LogP contribution in [0.1, 0.15) is 40.2 Å². The smallest absolute Gasteiger partial charge is 0.0377 e. The van der Waals surface area contributed by atoms with Crippen LogP contribution in [0.2, 0.25) is 0 Å². The van der Waals surface area contributed by atoms with E-state index < -0.39 is 0 Å². The Kier molecular flexibility index (Phi) is 7.04. The molecule has 1 aromatic rings. The van der Waals surface area contributed by atoms with Gasteiger partial charge in [-0.3, -0.25) is 0 Å². The maximum absolute atomic E-state index is 5.89. The molecule has 2 N–H and O–H groups in total. The second-order valence-corrected chi connectivity index (χ2v) is 7.50. The zero-order valence-corrected chi connectivity index (χ0v) is 15.1. The summed E-state index contributed by atoms with van der Waals surface area (Å²) in [4.78, 5) is 2.48. The van der Waals surface area contributed by atoms with Crippen LogP contribution in [0, 0.1) is 11.8 Å². The van der Waals surface area contributed by atoms with Crippen LogP contribution in [0.5, 0.6) is 0 Å². The normalized spacial score (nSPS) is 13.1. The molecule has 0 spiro atoms. The molecule has 1 atom stereocenters. The van der Waals surface area contributed by atoms with E-state index in [4.69, 9.17) is 5.73 Å². The number of hydrogen-bond donors (Lipinski definition) is 1.